The van der Waals surface area contributed by atoms with Crippen LogP contribution in [0.2, 0.25) is 0 Å². The van der Waals surface area contributed by atoms with Crippen LogP contribution in [0.1, 0.15) is 18.9 Å². The summed E-state index contributed by atoms with van der Waals surface area (Å²) in [5.74, 6) is -1.22. The lowest BCUT2D eigenvalue weighted by molar-refractivity contribution is -0.145. The normalized spacial score (nSPS) is 26.4. The molecule has 17 heavy (non-hydrogen) atoms. The second-order valence-corrected chi connectivity index (χ2v) is 4.22. The predicted octanol–water partition coefficient (Wildman–Crippen LogP) is 2.47. The van der Waals surface area contributed by atoms with Gasteiger partial charge in [-0.25, -0.2) is 0 Å². The van der Waals surface area contributed by atoms with Gasteiger partial charge >= 0.3 is 13.2 Å². The summed E-state index contributed by atoms with van der Waals surface area (Å²) in [6.45, 7) is 1.90. The third-order valence-electron chi connectivity index (χ3n) is 3.28. The van der Waals surface area contributed by atoms with Crippen molar-refractivity contribution in [3.63, 3.8) is 0 Å². The standard InChI is InChI=1S/C12H13BF2O2/c1-2-17-11(16)10-8-12(10,13(14)15)9-6-4-3-5-7-9/h3-7,10H,2,8H2,1H3/t10-,12-/m1/s1. The van der Waals surface area contributed by atoms with E-state index in [0.29, 0.717) is 5.56 Å². The smallest absolute Gasteiger partial charge is 0.466 e. The molecule has 2 atom stereocenters. The van der Waals surface area contributed by atoms with Gasteiger partial charge in [0.2, 0.25) is 0 Å². The lowest BCUT2D eigenvalue weighted by Gasteiger charge is -2.13. The summed E-state index contributed by atoms with van der Waals surface area (Å²) >= 11 is 0. The molecule has 2 rings (SSSR count). The molecule has 1 aromatic carbocycles. The number of carbonyl (C=O) groups excluding carboxylic acids is 1. The van der Waals surface area contributed by atoms with Crippen molar-refractivity contribution in [3.05, 3.63) is 35.9 Å². The zero-order chi connectivity index (χ0) is 12.5. The molecular weight excluding hydrogens is 225 g/mol. The first-order valence-electron chi connectivity index (χ1n) is 5.63. The minimum atomic E-state index is -2.54. The van der Waals surface area contributed by atoms with Crippen molar-refractivity contribution in [1.29, 1.82) is 0 Å². The van der Waals surface area contributed by atoms with Crippen molar-refractivity contribution in [3.8, 4) is 0 Å². The average molecular weight is 238 g/mol. The van der Waals surface area contributed by atoms with E-state index in [0.717, 1.165) is 0 Å². The number of hydrogen-bond acceptors (Lipinski definition) is 2. The van der Waals surface area contributed by atoms with E-state index in [9.17, 15) is 13.4 Å². The summed E-state index contributed by atoms with van der Waals surface area (Å²) in [6, 6.07) is 8.47. The van der Waals surface area contributed by atoms with Crippen molar-refractivity contribution in [2.45, 2.75) is 18.7 Å². The van der Waals surface area contributed by atoms with Crippen LogP contribution < -0.4 is 0 Å². The van der Waals surface area contributed by atoms with Crippen LogP contribution in [-0.4, -0.2) is 19.8 Å². The highest BCUT2D eigenvalue weighted by atomic mass is 19.2. The Hall–Kier alpha value is -1.39. The largest absolute Gasteiger partial charge is 0.549 e. The molecule has 0 saturated heterocycles. The van der Waals surface area contributed by atoms with Crippen LogP contribution in [0.3, 0.4) is 0 Å². The summed E-state index contributed by atoms with van der Waals surface area (Å²) < 4.78 is 31.2. The van der Waals surface area contributed by atoms with Gasteiger partial charge < -0.3 is 4.74 Å². The van der Waals surface area contributed by atoms with E-state index in [1.807, 2.05) is 0 Å². The Kier molecular flexibility index (Phi) is 3.18. The maximum Gasteiger partial charge on any atom is 0.549 e. The molecule has 2 nitrogen and oxygen atoms in total. The van der Waals surface area contributed by atoms with Crippen molar-refractivity contribution in [2.24, 2.45) is 5.92 Å². The number of rotatable bonds is 4. The van der Waals surface area contributed by atoms with Gasteiger partial charge in [-0.15, -0.1) is 0 Å². The van der Waals surface area contributed by atoms with Crippen LogP contribution in [0.25, 0.3) is 0 Å². The minimum Gasteiger partial charge on any atom is -0.466 e. The Morgan fingerprint density at radius 2 is 2.12 bits per heavy atom. The van der Waals surface area contributed by atoms with E-state index < -0.39 is 24.5 Å². The SMILES string of the molecule is CCOC(=O)[C@H]1C[C@@]1(B(F)F)c1ccccc1. The highest BCUT2D eigenvalue weighted by Gasteiger charge is 2.68. The van der Waals surface area contributed by atoms with Gasteiger partial charge in [0, 0.05) is 0 Å². The molecule has 1 saturated carbocycles. The van der Waals surface area contributed by atoms with E-state index in [2.05, 4.69) is 0 Å². The van der Waals surface area contributed by atoms with Gasteiger partial charge in [0.05, 0.1) is 17.8 Å². The molecule has 0 bridgehead atoms. The van der Waals surface area contributed by atoms with Crippen LogP contribution >= 0.6 is 0 Å². The zero-order valence-corrected chi connectivity index (χ0v) is 9.53. The Bertz CT molecular complexity index is 410. The predicted molar refractivity (Wildman–Crippen MR) is 60.8 cm³/mol. The Morgan fingerprint density at radius 3 is 2.65 bits per heavy atom. The first kappa shape index (κ1) is 12.1. The fraction of sp³-hybridized carbons (Fsp3) is 0.417. The maximum atomic E-state index is 13.2. The highest BCUT2D eigenvalue weighted by Crippen LogP contribution is 2.57. The monoisotopic (exact) mass is 238 g/mol. The molecule has 1 aliphatic rings. The van der Waals surface area contributed by atoms with Crippen molar-refractivity contribution in [1.82, 2.24) is 0 Å². The summed E-state index contributed by atoms with van der Waals surface area (Å²) in [6.07, 6.45) is 0.174. The molecule has 90 valence electrons. The molecule has 0 heterocycles. The second kappa shape index (κ2) is 4.47. The molecular formula is C12H13BF2O2. The van der Waals surface area contributed by atoms with Gasteiger partial charge in [0.15, 0.2) is 0 Å². The van der Waals surface area contributed by atoms with Gasteiger partial charge in [-0.3, -0.25) is 13.4 Å². The third-order valence-corrected chi connectivity index (χ3v) is 3.28. The molecule has 0 spiro atoms. The zero-order valence-electron chi connectivity index (χ0n) is 9.53. The molecule has 5 heteroatoms. The number of ether oxygens (including phenoxy) is 1. The van der Waals surface area contributed by atoms with Gasteiger partial charge in [-0.1, -0.05) is 30.3 Å². The minimum absolute atomic E-state index is 0.174. The molecule has 0 aliphatic heterocycles. The average Bonchev–Trinajstić information content (AvgIpc) is 3.07. The van der Waals surface area contributed by atoms with Gasteiger partial charge in [-0.2, -0.15) is 0 Å². The molecule has 0 aromatic heterocycles. The van der Waals surface area contributed by atoms with Crippen molar-refractivity contribution < 1.29 is 18.2 Å². The molecule has 0 N–H and O–H groups in total. The number of hydrogen-bond donors (Lipinski definition) is 0. The molecule has 0 unspecified atom stereocenters. The quantitative estimate of drug-likeness (QED) is 0.594. The van der Waals surface area contributed by atoms with E-state index in [1.165, 1.54) is 0 Å². The van der Waals surface area contributed by atoms with Crippen LogP contribution in [0.15, 0.2) is 30.3 Å². The number of esters is 1. The van der Waals surface area contributed by atoms with E-state index in [4.69, 9.17) is 4.74 Å². The van der Waals surface area contributed by atoms with Crippen LogP contribution in [-0.2, 0) is 14.8 Å². The van der Waals surface area contributed by atoms with Crippen molar-refractivity contribution in [2.75, 3.05) is 6.61 Å². The first-order valence-corrected chi connectivity index (χ1v) is 5.63. The molecule has 1 aromatic rings. The summed E-state index contributed by atoms with van der Waals surface area (Å²) in [7, 11) is -2.54. The Morgan fingerprint density at radius 1 is 1.47 bits per heavy atom. The molecule has 0 amide bonds. The number of halogens is 2. The lowest BCUT2D eigenvalue weighted by Crippen LogP contribution is -2.28. The van der Waals surface area contributed by atoms with E-state index in [-0.39, 0.29) is 13.0 Å². The van der Waals surface area contributed by atoms with Crippen LogP contribution in [0.5, 0.6) is 0 Å². The number of carbonyl (C=O) groups is 1. The lowest BCUT2D eigenvalue weighted by atomic mass is 9.67. The summed E-state index contributed by atoms with van der Waals surface area (Å²) in [5, 5.41) is -1.33. The Balaban J connectivity index is 2.24. The van der Waals surface area contributed by atoms with Gasteiger partial charge in [0.1, 0.15) is 0 Å². The summed E-state index contributed by atoms with van der Waals surface area (Å²) in [5.41, 5.74) is 0.521. The van der Waals surface area contributed by atoms with Crippen LogP contribution in [0.4, 0.5) is 8.63 Å². The Labute approximate surface area is 99.1 Å². The molecule has 1 aliphatic carbocycles. The van der Waals surface area contributed by atoms with Crippen molar-refractivity contribution >= 4 is 13.2 Å². The first-order chi connectivity index (χ1) is 8.13. The van der Waals surface area contributed by atoms with Gasteiger partial charge in [-0.05, 0) is 18.9 Å². The fourth-order valence-corrected chi connectivity index (χ4v) is 2.25. The van der Waals surface area contributed by atoms with Gasteiger partial charge in [0.25, 0.3) is 0 Å². The highest BCUT2D eigenvalue weighted by molar-refractivity contribution is 6.49. The topological polar surface area (TPSA) is 26.3 Å². The summed E-state index contributed by atoms with van der Waals surface area (Å²) in [4.78, 5) is 11.5. The van der Waals surface area contributed by atoms with E-state index >= 15 is 0 Å². The van der Waals surface area contributed by atoms with E-state index in [1.54, 1.807) is 37.3 Å². The maximum absolute atomic E-state index is 13.2. The molecule has 1 fully saturated rings. The second-order valence-electron chi connectivity index (χ2n) is 4.22. The number of benzene rings is 1. The third kappa shape index (κ3) is 1.94. The van der Waals surface area contributed by atoms with Crippen LogP contribution in [0, 0.1) is 5.92 Å². The molecule has 0 radical (unpaired) electrons. The fourth-order valence-electron chi connectivity index (χ4n) is 2.25.